The molecule has 1 aromatic carbocycles. The third-order valence-electron chi connectivity index (χ3n) is 3.86. The molecule has 0 unspecified atom stereocenters. The lowest BCUT2D eigenvalue weighted by Crippen LogP contribution is -2.37. The van der Waals surface area contributed by atoms with Crippen LogP contribution in [0.4, 0.5) is 10.5 Å². The molecule has 104 valence electrons. The summed E-state index contributed by atoms with van der Waals surface area (Å²) in [6.07, 6.45) is 1.45. The second-order valence-corrected chi connectivity index (χ2v) is 5.98. The maximum absolute atomic E-state index is 10.4. The molecule has 0 spiro atoms. The van der Waals surface area contributed by atoms with Gasteiger partial charge < -0.3 is 15.3 Å². The molecule has 0 saturated carbocycles. The number of hydrogen-bond donors (Lipinski definition) is 2. The second-order valence-electron chi connectivity index (χ2n) is 5.98. The summed E-state index contributed by atoms with van der Waals surface area (Å²) >= 11 is 0. The lowest BCUT2D eigenvalue weighted by atomic mass is 9.82. The Hall–Kier alpha value is -1.71. The van der Waals surface area contributed by atoms with E-state index in [2.05, 4.69) is 36.2 Å². The Bertz CT molecular complexity index is 430. The maximum Gasteiger partial charge on any atom is 0.404 e. The summed E-state index contributed by atoms with van der Waals surface area (Å²) < 4.78 is 0. The maximum atomic E-state index is 10.4. The van der Waals surface area contributed by atoms with Crippen molar-refractivity contribution in [2.24, 2.45) is 5.41 Å². The van der Waals surface area contributed by atoms with Gasteiger partial charge in [-0.1, -0.05) is 26.0 Å². The lowest BCUT2D eigenvalue weighted by Gasteiger charge is -2.38. The third kappa shape index (κ3) is 3.88. The summed E-state index contributed by atoms with van der Waals surface area (Å²) in [5, 5.41) is 10.9. The van der Waals surface area contributed by atoms with Crippen molar-refractivity contribution < 1.29 is 9.90 Å². The lowest BCUT2D eigenvalue weighted by molar-refractivity contribution is 0.194. The number of carboxylic acid groups (broad SMARTS) is 1. The molecule has 2 N–H and O–H groups in total. The van der Waals surface area contributed by atoms with Crippen molar-refractivity contribution in [1.29, 1.82) is 0 Å². The van der Waals surface area contributed by atoms with Crippen LogP contribution in [0.15, 0.2) is 24.3 Å². The smallest absolute Gasteiger partial charge is 0.404 e. The van der Waals surface area contributed by atoms with E-state index in [4.69, 9.17) is 5.11 Å². The van der Waals surface area contributed by atoms with Crippen molar-refractivity contribution in [3.8, 4) is 0 Å². The van der Waals surface area contributed by atoms with Gasteiger partial charge in [0.15, 0.2) is 0 Å². The molecule has 0 bridgehead atoms. The summed E-state index contributed by atoms with van der Waals surface area (Å²) in [6.45, 7) is 7.21. The first-order valence-electron chi connectivity index (χ1n) is 6.77. The Labute approximate surface area is 114 Å². The molecule has 0 radical (unpaired) electrons. The summed E-state index contributed by atoms with van der Waals surface area (Å²) in [5.41, 5.74) is 2.68. The fraction of sp³-hybridized carbons (Fsp3) is 0.533. The van der Waals surface area contributed by atoms with Crippen molar-refractivity contribution in [3.63, 3.8) is 0 Å². The Morgan fingerprint density at radius 3 is 2.37 bits per heavy atom. The molecule has 2 rings (SSSR count). The number of amides is 1. The van der Waals surface area contributed by atoms with E-state index in [-0.39, 0.29) is 0 Å². The number of anilines is 1. The summed E-state index contributed by atoms with van der Waals surface area (Å²) in [5.74, 6) is 0. The van der Waals surface area contributed by atoms with Gasteiger partial charge in [0.25, 0.3) is 0 Å². The molecule has 1 saturated heterocycles. The number of benzene rings is 1. The van der Waals surface area contributed by atoms with Gasteiger partial charge in [0.1, 0.15) is 0 Å². The van der Waals surface area contributed by atoms with Gasteiger partial charge in [-0.05, 0) is 36.0 Å². The Morgan fingerprint density at radius 1 is 1.26 bits per heavy atom. The summed E-state index contributed by atoms with van der Waals surface area (Å²) in [6, 6.07) is 8.14. The van der Waals surface area contributed by atoms with E-state index in [1.54, 1.807) is 0 Å². The zero-order chi connectivity index (χ0) is 13.9. The average Bonchev–Trinajstić information content (AvgIpc) is 2.37. The predicted octanol–water partition coefficient (Wildman–Crippen LogP) is 3.08. The molecule has 0 aromatic heterocycles. The Morgan fingerprint density at radius 2 is 1.84 bits per heavy atom. The first-order valence-corrected chi connectivity index (χ1v) is 6.77. The van der Waals surface area contributed by atoms with Gasteiger partial charge in [-0.15, -0.1) is 0 Å². The topological polar surface area (TPSA) is 52.6 Å². The third-order valence-corrected chi connectivity index (χ3v) is 3.86. The first-order chi connectivity index (χ1) is 8.96. The van der Waals surface area contributed by atoms with Crippen molar-refractivity contribution in [3.05, 3.63) is 29.8 Å². The van der Waals surface area contributed by atoms with E-state index in [0.717, 1.165) is 18.7 Å². The highest BCUT2D eigenvalue weighted by atomic mass is 16.4. The van der Waals surface area contributed by atoms with E-state index < -0.39 is 6.09 Å². The monoisotopic (exact) mass is 262 g/mol. The van der Waals surface area contributed by atoms with Crippen molar-refractivity contribution in [2.75, 3.05) is 18.0 Å². The van der Waals surface area contributed by atoms with Gasteiger partial charge in [-0.25, -0.2) is 4.79 Å². The van der Waals surface area contributed by atoms with E-state index >= 15 is 0 Å². The van der Waals surface area contributed by atoms with Crippen LogP contribution >= 0.6 is 0 Å². The molecule has 1 heterocycles. The minimum absolute atomic E-state index is 0.364. The molecular formula is C15H22N2O2. The van der Waals surface area contributed by atoms with Crippen molar-refractivity contribution in [2.45, 2.75) is 33.2 Å². The van der Waals surface area contributed by atoms with Gasteiger partial charge in [0.05, 0.1) is 0 Å². The first kappa shape index (κ1) is 13.7. The zero-order valence-corrected chi connectivity index (χ0v) is 11.6. The molecule has 1 fully saturated rings. The summed E-state index contributed by atoms with van der Waals surface area (Å²) in [7, 11) is 0. The molecule has 4 heteroatoms. The summed E-state index contributed by atoms with van der Waals surface area (Å²) in [4.78, 5) is 12.8. The van der Waals surface area contributed by atoms with Crippen LogP contribution in [0.25, 0.3) is 0 Å². The van der Waals surface area contributed by atoms with Crippen LogP contribution in [0.2, 0.25) is 0 Å². The van der Waals surface area contributed by atoms with Gasteiger partial charge in [-0.2, -0.15) is 0 Å². The molecular weight excluding hydrogens is 240 g/mol. The number of nitrogens with zero attached hydrogens (tertiary/aromatic N) is 1. The second kappa shape index (κ2) is 5.51. The molecule has 1 amide bonds. The minimum atomic E-state index is -0.984. The SMILES string of the molecule is CC1(C)CCN(c2ccc(CNC(=O)O)cc2)CC1. The van der Waals surface area contributed by atoms with Crippen molar-refractivity contribution in [1.82, 2.24) is 5.32 Å². The van der Waals surface area contributed by atoms with Crippen LogP contribution < -0.4 is 10.2 Å². The molecule has 0 atom stereocenters. The Kier molecular flexibility index (Phi) is 3.98. The quantitative estimate of drug-likeness (QED) is 0.880. The molecule has 0 aliphatic carbocycles. The number of piperidine rings is 1. The number of nitrogens with one attached hydrogen (secondary N) is 1. The molecule has 1 aromatic rings. The molecule has 1 aliphatic heterocycles. The van der Waals surface area contributed by atoms with Gasteiger partial charge in [0.2, 0.25) is 0 Å². The number of carbonyl (C=O) groups is 1. The average molecular weight is 262 g/mol. The highest BCUT2D eigenvalue weighted by Crippen LogP contribution is 2.32. The van der Waals surface area contributed by atoms with Gasteiger partial charge >= 0.3 is 6.09 Å². The van der Waals surface area contributed by atoms with E-state index in [1.807, 2.05) is 12.1 Å². The van der Waals surface area contributed by atoms with E-state index in [1.165, 1.54) is 18.5 Å². The predicted molar refractivity (Wildman–Crippen MR) is 76.5 cm³/mol. The van der Waals surface area contributed by atoms with Gasteiger partial charge in [0, 0.05) is 25.3 Å². The highest BCUT2D eigenvalue weighted by Gasteiger charge is 2.25. The van der Waals surface area contributed by atoms with Crippen LogP contribution in [-0.4, -0.2) is 24.3 Å². The Balaban J connectivity index is 1.93. The van der Waals surface area contributed by atoms with Gasteiger partial charge in [-0.3, -0.25) is 0 Å². The van der Waals surface area contributed by atoms with Crippen LogP contribution in [-0.2, 0) is 6.54 Å². The zero-order valence-electron chi connectivity index (χ0n) is 11.6. The largest absolute Gasteiger partial charge is 0.465 e. The number of rotatable bonds is 3. The van der Waals surface area contributed by atoms with E-state index in [0.29, 0.717) is 12.0 Å². The molecule has 1 aliphatic rings. The molecule has 19 heavy (non-hydrogen) atoms. The molecule has 4 nitrogen and oxygen atoms in total. The normalized spacial score (nSPS) is 18.1. The van der Waals surface area contributed by atoms with E-state index in [9.17, 15) is 4.79 Å². The fourth-order valence-electron chi connectivity index (χ4n) is 2.37. The minimum Gasteiger partial charge on any atom is -0.465 e. The van der Waals surface area contributed by atoms with Crippen molar-refractivity contribution >= 4 is 11.8 Å². The number of hydrogen-bond acceptors (Lipinski definition) is 2. The fourth-order valence-corrected chi connectivity index (χ4v) is 2.37. The van der Waals surface area contributed by atoms with Crippen LogP contribution in [0, 0.1) is 5.41 Å². The van der Waals surface area contributed by atoms with Crippen LogP contribution in [0.5, 0.6) is 0 Å². The van der Waals surface area contributed by atoms with Crippen LogP contribution in [0.3, 0.4) is 0 Å². The highest BCUT2D eigenvalue weighted by molar-refractivity contribution is 5.64. The standard InChI is InChI=1S/C15H22N2O2/c1-15(2)7-9-17(10-8-15)13-5-3-12(4-6-13)11-16-14(18)19/h3-6,16H,7-11H2,1-2H3,(H,18,19). The van der Waals surface area contributed by atoms with Crippen LogP contribution in [0.1, 0.15) is 32.3 Å².